The van der Waals surface area contributed by atoms with Crippen molar-refractivity contribution >= 4 is 16.1 Å². The summed E-state index contributed by atoms with van der Waals surface area (Å²) in [6, 6.07) is 18.3. The largest absolute Gasteiger partial charge is 0.489 e. The first-order valence-corrected chi connectivity index (χ1v) is 8.65. The molecule has 1 aromatic heterocycles. The highest BCUT2D eigenvalue weighted by molar-refractivity contribution is 7.91. The summed E-state index contributed by atoms with van der Waals surface area (Å²) in [5, 5.41) is -0.262. The van der Waals surface area contributed by atoms with Crippen molar-refractivity contribution in [3.8, 4) is 5.75 Å². The van der Waals surface area contributed by atoms with E-state index in [2.05, 4.69) is 0 Å². The zero-order valence-electron chi connectivity index (χ0n) is 12.6. The number of hydrogen-bond acceptors (Lipinski definition) is 5. The zero-order valence-corrected chi connectivity index (χ0v) is 13.4. The molecule has 0 saturated carbocycles. The first-order valence-electron chi connectivity index (χ1n) is 7.16. The van der Waals surface area contributed by atoms with E-state index in [1.165, 1.54) is 24.3 Å². The quantitative estimate of drug-likeness (QED) is 0.641. The van der Waals surface area contributed by atoms with Crippen molar-refractivity contribution in [1.29, 1.82) is 0 Å². The molecule has 0 fully saturated rings. The fraction of sp³-hybridized carbons (Fsp3) is 0.0556. The van der Waals surface area contributed by atoms with E-state index < -0.39 is 9.84 Å². The number of rotatable bonds is 6. The molecule has 0 N–H and O–H groups in total. The average molecular weight is 342 g/mol. The predicted molar refractivity (Wildman–Crippen MR) is 86.8 cm³/mol. The van der Waals surface area contributed by atoms with Gasteiger partial charge in [0, 0.05) is 0 Å². The fourth-order valence-electron chi connectivity index (χ4n) is 2.11. The minimum Gasteiger partial charge on any atom is -0.489 e. The molecule has 0 aliphatic heterocycles. The molecule has 0 spiro atoms. The maximum Gasteiger partial charge on any atom is 0.239 e. The minimum atomic E-state index is -3.79. The van der Waals surface area contributed by atoms with Crippen LogP contribution in [0.15, 0.2) is 81.1 Å². The number of carbonyl (C=O) groups is 1. The lowest BCUT2D eigenvalue weighted by molar-refractivity contribution is 0.109. The third-order valence-electron chi connectivity index (χ3n) is 3.37. The Balaban J connectivity index is 1.75. The average Bonchev–Trinajstić information content (AvgIpc) is 3.11. The molecule has 3 rings (SSSR count). The van der Waals surface area contributed by atoms with E-state index in [9.17, 15) is 13.2 Å². The molecule has 2 aromatic carbocycles. The van der Waals surface area contributed by atoms with Crippen molar-refractivity contribution in [1.82, 2.24) is 0 Å². The monoisotopic (exact) mass is 342 g/mol. The van der Waals surface area contributed by atoms with Crippen LogP contribution >= 0.6 is 0 Å². The van der Waals surface area contributed by atoms with Crippen molar-refractivity contribution in [2.45, 2.75) is 16.6 Å². The second-order valence-electron chi connectivity index (χ2n) is 5.02. The van der Waals surface area contributed by atoms with E-state index in [-0.39, 0.29) is 15.7 Å². The number of ether oxygens (including phenoxy) is 1. The molecule has 0 amide bonds. The topological polar surface area (TPSA) is 73.6 Å². The number of aldehydes is 1. The van der Waals surface area contributed by atoms with E-state index in [1.54, 1.807) is 12.1 Å². The lowest BCUT2D eigenvalue weighted by atomic mass is 10.2. The van der Waals surface area contributed by atoms with Crippen LogP contribution in [-0.2, 0) is 16.4 Å². The normalized spacial score (nSPS) is 11.2. The molecule has 6 heteroatoms. The molecule has 0 radical (unpaired) electrons. The number of hydrogen-bond donors (Lipinski definition) is 0. The van der Waals surface area contributed by atoms with Gasteiger partial charge in [0.2, 0.25) is 14.9 Å². The van der Waals surface area contributed by atoms with Crippen molar-refractivity contribution in [3.63, 3.8) is 0 Å². The van der Waals surface area contributed by atoms with Crippen LogP contribution in [0.25, 0.3) is 0 Å². The highest BCUT2D eigenvalue weighted by Gasteiger charge is 2.21. The standard InChI is InChI=1S/C18H14O5S/c19-12-16-8-11-18(23-16)24(20,21)17-9-6-15(7-10-17)22-13-14-4-2-1-3-5-14/h1-12H,13H2. The first kappa shape index (κ1) is 16.0. The summed E-state index contributed by atoms with van der Waals surface area (Å²) in [5.74, 6) is 0.530. The van der Waals surface area contributed by atoms with Crippen LogP contribution in [0.4, 0.5) is 0 Å². The summed E-state index contributed by atoms with van der Waals surface area (Å²) in [6.45, 7) is 0.397. The van der Waals surface area contributed by atoms with Gasteiger partial charge in [0.05, 0.1) is 4.90 Å². The first-order chi connectivity index (χ1) is 11.6. The Morgan fingerprint density at radius 2 is 1.62 bits per heavy atom. The lowest BCUT2D eigenvalue weighted by Crippen LogP contribution is -2.01. The van der Waals surface area contributed by atoms with Crippen LogP contribution in [0, 0.1) is 0 Å². The van der Waals surface area contributed by atoms with E-state index in [0.717, 1.165) is 5.56 Å². The molecule has 5 nitrogen and oxygen atoms in total. The molecule has 0 bridgehead atoms. The number of benzene rings is 2. The van der Waals surface area contributed by atoms with Gasteiger partial charge in [0.1, 0.15) is 12.4 Å². The van der Waals surface area contributed by atoms with Crippen molar-refractivity contribution in [2.24, 2.45) is 0 Å². The number of sulfone groups is 1. The second-order valence-corrected chi connectivity index (χ2v) is 6.90. The molecule has 0 unspecified atom stereocenters. The van der Waals surface area contributed by atoms with Gasteiger partial charge in [-0.3, -0.25) is 4.79 Å². The second kappa shape index (κ2) is 6.72. The molecule has 122 valence electrons. The van der Waals surface area contributed by atoms with Gasteiger partial charge in [0.25, 0.3) is 0 Å². The van der Waals surface area contributed by atoms with Gasteiger partial charge in [-0.05, 0) is 42.0 Å². The fourth-order valence-corrected chi connectivity index (χ4v) is 3.29. The number of carbonyl (C=O) groups excluding carboxylic acids is 1. The van der Waals surface area contributed by atoms with Gasteiger partial charge >= 0.3 is 0 Å². The van der Waals surface area contributed by atoms with Crippen molar-refractivity contribution < 1.29 is 22.4 Å². The van der Waals surface area contributed by atoms with Crippen LogP contribution < -0.4 is 4.74 Å². The summed E-state index contributed by atoms with van der Waals surface area (Å²) in [5.41, 5.74) is 1.02. The molecule has 0 aliphatic rings. The van der Waals surface area contributed by atoms with Gasteiger partial charge in [0.15, 0.2) is 12.0 Å². The summed E-state index contributed by atoms with van der Waals surface area (Å²) >= 11 is 0. The lowest BCUT2D eigenvalue weighted by Gasteiger charge is -2.07. The van der Waals surface area contributed by atoms with Gasteiger partial charge in [-0.2, -0.15) is 0 Å². The Bertz CT molecular complexity index is 925. The van der Waals surface area contributed by atoms with Gasteiger partial charge in [-0.25, -0.2) is 8.42 Å². The van der Waals surface area contributed by atoms with Crippen LogP contribution in [0.1, 0.15) is 16.1 Å². The summed E-state index contributed by atoms with van der Waals surface area (Å²) in [6.07, 6.45) is 0.458. The van der Waals surface area contributed by atoms with E-state index in [1.807, 2.05) is 30.3 Å². The summed E-state index contributed by atoms with van der Waals surface area (Å²) in [4.78, 5) is 10.7. The Hall–Kier alpha value is -2.86. The predicted octanol–water partition coefficient (Wildman–Crippen LogP) is 3.50. The van der Waals surface area contributed by atoms with Crippen LogP contribution in [0.2, 0.25) is 0 Å². The third-order valence-corrected chi connectivity index (χ3v) is 5.01. The maximum absolute atomic E-state index is 12.4. The van der Waals surface area contributed by atoms with Crippen molar-refractivity contribution in [2.75, 3.05) is 0 Å². The molecular formula is C18H14O5S. The smallest absolute Gasteiger partial charge is 0.239 e. The highest BCUT2D eigenvalue weighted by Crippen LogP contribution is 2.24. The molecule has 0 saturated heterocycles. The molecular weight excluding hydrogens is 328 g/mol. The van der Waals surface area contributed by atoms with Gasteiger partial charge in [-0.15, -0.1) is 0 Å². The minimum absolute atomic E-state index is 0.0311. The molecule has 0 aliphatic carbocycles. The SMILES string of the molecule is O=Cc1ccc(S(=O)(=O)c2ccc(OCc3ccccc3)cc2)o1. The summed E-state index contributed by atoms with van der Waals surface area (Å²) in [7, 11) is -3.79. The van der Waals surface area contributed by atoms with Gasteiger partial charge < -0.3 is 9.15 Å². The Morgan fingerprint density at radius 3 is 2.25 bits per heavy atom. The maximum atomic E-state index is 12.4. The van der Waals surface area contributed by atoms with E-state index in [4.69, 9.17) is 9.15 Å². The molecule has 1 heterocycles. The molecule has 3 aromatic rings. The Labute approximate surface area is 139 Å². The third kappa shape index (κ3) is 3.38. The Kier molecular flexibility index (Phi) is 4.48. The Morgan fingerprint density at radius 1 is 0.917 bits per heavy atom. The van der Waals surface area contributed by atoms with Crippen molar-refractivity contribution in [3.05, 3.63) is 78.1 Å². The molecule has 24 heavy (non-hydrogen) atoms. The van der Waals surface area contributed by atoms with Crippen LogP contribution in [0.5, 0.6) is 5.75 Å². The summed E-state index contributed by atoms with van der Waals surface area (Å²) < 4.78 is 35.4. The van der Waals surface area contributed by atoms with E-state index in [0.29, 0.717) is 18.6 Å². The van der Waals surface area contributed by atoms with Crippen LogP contribution in [-0.4, -0.2) is 14.7 Å². The zero-order chi connectivity index (χ0) is 17.0. The number of furan rings is 1. The van der Waals surface area contributed by atoms with Crippen LogP contribution in [0.3, 0.4) is 0 Å². The highest BCUT2D eigenvalue weighted by atomic mass is 32.2. The van der Waals surface area contributed by atoms with Gasteiger partial charge in [-0.1, -0.05) is 30.3 Å². The van der Waals surface area contributed by atoms with E-state index >= 15 is 0 Å². The molecule has 0 atom stereocenters.